The molecule has 0 aliphatic carbocycles. The summed E-state index contributed by atoms with van der Waals surface area (Å²) in [4.78, 5) is 20.5. The molecule has 25 heavy (non-hydrogen) atoms. The summed E-state index contributed by atoms with van der Waals surface area (Å²) in [6.07, 6.45) is 1.92. The number of thiophene rings is 1. The predicted octanol–water partition coefficient (Wildman–Crippen LogP) is 0.841. The molecule has 130 valence electrons. The third-order valence-corrected chi connectivity index (χ3v) is 5.93. The fourth-order valence-corrected chi connectivity index (χ4v) is 4.42. The van der Waals surface area contributed by atoms with Gasteiger partial charge in [-0.05, 0) is 48.4 Å². The van der Waals surface area contributed by atoms with Crippen molar-refractivity contribution in [2.75, 3.05) is 19.7 Å². The molecule has 1 aromatic heterocycles. The van der Waals surface area contributed by atoms with Crippen molar-refractivity contribution in [2.45, 2.75) is 19.4 Å². The minimum absolute atomic E-state index is 0.00809. The van der Waals surface area contributed by atoms with Crippen LogP contribution in [-0.2, 0) is 6.54 Å². The Balaban J connectivity index is 1.70. The number of nitrogens with two attached hydrogens (primary N) is 1. The molecule has 6 heteroatoms. The van der Waals surface area contributed by atoms with Crippen molar-refractivity contribution >= 4 is 22.9 Å². The number of fused-ring (bicyclic) bond motifs is 2. The van der Waals surface area contributed by atoms with Gasteiger partial charge in [0.2, 0.25) is 0 Å². The van der Waals surface area contributed by atoms with Crippen molar-refractivity contribution in [3.8, 4) is 0 Å². The lowest BCUT2D eigenvalue weighted by Gasteiger charge is -2.31. The SMILES string of the molecule is NC1=c2ccc(C(=O)N3CCCC(CO)C3)cc2=NCc2sccc21. The number of aliphatic hydroxyl groups excluding tert-OH is 1. The van der Waals surface area contributed by atoms with E-state index in [1.807, 2.05) is 34.5 Å². The number of amides is 1. The summed E-state index contributed by atoms with van der Waals surface area (Å²) in [5, 5.41) is 13.1. The molecule has 0 saturated carbocycles. The van der Waals surface area contributed by atoms with Crippen LogP contribution in [0.3, 0.4) is 0 Å². The lowest BCUT2D eigenvalue weighted by Crippen LogP contribution is -2.41. The Morgan fingerprint density at radius 2 is 2.28 bits per heavy atom. The van der Waals surface area contributed by atoms with Crippen LogP contribution in [0.4, 0.5) is 0 Å². The van der Waals surface area contributed by atoms with E-state index in [-0.39, 0.29) is 18.4 Å². The van der Waals surface area contributed by atoms with Gasteiger partial charge >= 0.3 is 0 Å². The van der Waals surface area contributed by atoms with E-state index in [4.69, 9.17) is 5.73 Å². The van der Waals surface area contributed by atoms with Crippen molar-refractivity contribution < 1.29 is 9.90 Å². The number of piperidine rings is 1. The van der Waals surface area contributed by atoms with E-state index < -0.39 is 0 Å². The van der Waals surface area contributed by atoms with Crippen LogP contribution in [0.2, 0.25) is 0 Å². The molecule has 1 amide bonds. The minimum Gasteiger partial charge on any atom is -0.398 e. The van der Waals surface area contributed by atoms with Gasteiger partial charge in [0.25, 0.3) is 5.91 Å². The topological polar surface area (TPSA) is 78.9 Å². The van der Waals surface area contributed by atoms with E-state index in [1.165, 1.54) is 0 Å². The molecular weight excluding hydrogens is 334 g/mol. The molecule has 1 aromatic carbocycles. The Morgan fingerprint density at radius 1 is 1.40 bits per heavy atom. The molecule has 1 unspecified atom stereocenters. The van der Waals surface area contributed by atoms with Crippen LogP contribution in [0, 0.1) is 5.92 Å². The number of rotatable bonds is 2. The van der Waals surface area contributed by atoms with Crippen LogP contribution in [0.5, 0.6) is 0 Å². The second-order valence-corrected chi connectivity index (χ2v) is 7.66. The minimum atomic E-state index is 0.00809. The zero-order valence-electron chi connectivity index (χ0n) is 13.9. The Morgan fingerprint density at radius 3 is 3.12 bits per heavy atom. The lowest BCUT2D eigenvalue weighted by molar-refractivity contribution is 0.0620. The largest absolute Gasteiger partial charge is 0.398 e. The van der Waals surface area contributed by atoms with Crippen molar-refractivity contribution in [1.82, 2.24) is 4.90 Å². The van der Waals surface area contributed by atoms with Crippen LogP contribution < -0.4 is 16.3 Å². The van der Waals surface area contributed by atoms with Crippen molar-refractivity contribution in [3.63, 3.8) is 0 Å². The normalized spacial score (nSPS) is 19.6. The lowest BCUT2D eigenvalue weighted by atomic mass is 9.98. The van der Waals surface area contributed by atoms with Crippen LogP contribution >= 0.6 is 11.3 Å². The molecule has 2 aliphatic heterocycles. The van der Waals surface area contributed by atoms with E-state index >= 15 is 0 Å². The quantitative estimate of drug-likeness (QED) is 0.838. The summed E-state index contributed by atoms with van der Waals surface area (Å²) < 4.78 is 0. The third-order valence-electron chi connectivity index (χ3n) is 5.03. The zero-order chi connectivity index (χ0) is 17.4. The number of nitrogens with zero attached hydrogens (tertiary/aromatic N) is 2. The average molecular weight is 355 g/mol. The molecule has 4 rings (SSSR count). The molecule has 0 spiro atoms. The van der Waals surface area contributed by atoms with Gasteiger partial charge in [-0.2, -0.15) is 0 Å². The Hall–Kier alpha value is -2.18. The highest BCUT2D eigenvalue weighted by atomic mass is 32.1. The first-order valence-corrected chi connectivity index (χ1v) is 9.46. The highest BCUT2D eigenvalue weighted by Gasteiger charge is 2.24. The molecule has 2 aliphatic rings. The standard InChI is InChI=1S/C19H21N3O2S/c20-18-14-4-3-13(19(24)22-6-1-2-12(10-22)11-23)8-16(14)21-9-17-15(18)5-7-25-17/h3-5,7-8,12,23H,1-2,6,9-11,20H2. The third kappa shape index (κ3) is 2.96. The van der Waals surface area contributed by atoms with Crippen molar-refractivity contribution in [2.24, 2.45) is 16.6 Å². The number of benzene rings is 1. The zero-order valence-corrected chi connectivity index (χ0v) is 14.8. The first-order chi connectivity index (χ1) is 12.2. The summed E-state index contributed by atoms with van der Waals surface area (Å²) in [6, 6.07) is 7.62. The molecule has 2 aromatic rings. The van der Waals surface area contributed by atoms with Gasteiger partial charge in [-0.15, -0.1) is 11.3 Å². The Kier molecular flexibility index (Phi) is 4.31. The van der Waals surface area contributed by atoms with Crippen LogP contribution in [-0.4, -0.2) is 35.6 Å². The highest BCUT2D eigenvalue weighted by molar-refractivity contribution is 7.10. The number of likely N-dealkylation sites (tertiary alicyclic amines) is 1. The van der Waals surface area contributed by atoms with Gasteiger partial charge in [0.05, 0.1) is 11.9 Å². The highest BCUT2D eigenvalue weighted by Crippen LogP contribution is 2.22. The molecule has 5 nitrogen and oxygen atoms in total. The predicted molar refractivity (Wildman–Crippen MR) is 97.7 cm³/mol. The number of hydrogen-bond acceptors (Lipinski definition) is 5. The summed E-state index contributed by atoms with van der Waals surface area (Å²) in [5.74, 6) is 0.192. The van der Waals surface area contributed by atoms with Crippen molar-refractivity contribution in [3.05, 3.63) is 56.2 Å². The van der Waals surface area contributed by atoms with Gasteiger partial charge in [-0.1, -0.05) is 0 Å². The first kappa shape index (κ1) is 16.3. The Bertz CT molecular complexity index is 934. The van der Waals surface area contributed by atoms with Crippen molar-refractivity contribution in [1.29, 1.82) is 0 Å². The summed E-state index contributed by atoms with van der Waals surface area (Å²) in [5.41, 5.74) is 8.76. The molecule has 1 saturated heterocycles. The van der Waals surface area contributed by atoms with Gasteiger partial charge in [0.1, 0.15) is 0 Å². The molecule has 3 N–H and O–H groups in total. The van der Waals surface area contributed by atoms with Gasteiger partial charge < -0.3 is 15.7 Å². The number of aliphatic hydroxyl groups is 1. The summed E-state index contributed by atoms with van der Waals surface area (Å²) in [6.45, 7) is 2.09. The number of carbonyl (C=O) groups excluding carboxylic acids is 1. The van der Waals surface area contributed by atoms with Crippen LogP contribution in [0.25, 0.3) is 5.70 Å². The van der Waals surface area contributed by atoms with E-state index in [2.05, 4.69) is 4.99 Å². The first-order valence-electron chi connectivity index (χ1n) is 8.58. The smallest absolute Gasteiger partial charge is 0.253 e. The number of carbonyl (C=O) groups is 1. The van der Waals surface area contributed by atoms with Gasteiger partial charge in [0.15, 0.2) is 0 Å². The van der Waals surface area contributed by atoms with E-state index in [9.17, 15) is 9.90 Å². The Labute approximate surface area is 150 Å². The van der Waals surface area contributed by atoms with Gasteiger partial charge in [-0.3, -0.25) is 9.79 Å². The second kappa shape index (κ2) is 6.61. The van der Waals surface area contributed by atoms with E-state index in [0.717, 1.165) is 46.1 Å². The maximum absolute atomic E-state index is 12.8. The van der Waals surface area contributed by atoms with E-state index in [1.54, 1.807) is 11.3 Å². The average Bonchev–Trinajstić information content (AvgIpc) is 3.09. The maximum atomic E-state index is 12.8. The molecule has 0 radical (unpaired) electrons. The molecule has 1 atom stereocenters. The fraction of sp³-hybridized carbons (Fsp3) is 0.368. The summed E-state index contributed by atoms with van der Waals surface area (Å²) >= 11 is 1.66. The summed E-state index contributed by atoms with van der Waals surface area (Å²) in [7, 11) is 0. The molecule has 1 fully saturated rings. The second-order valence-electron chi connectivity index (χ2n) is 6.66. The van der Waals surface area contributed by atoms with Gasteiger partial charge in [-0.25, -0.2) is 0 Å². The monoisotopic (exact) mass is 355 g/mol. The van der Waals surface area contributed by atoms with Crippen LogP contribution in [0.15, 0.2) is 34.6 Å². The molecule has 0 bridgehead atoms. The maximum Gasteiger partial charge on any atom is 0.253 e. The molecular formula is C19H21N3O2S. The molecule has 3 heterocycles. The van der Waals surface area contributed by atoms with Crippen LogP contribution in [0.1, 0.15) is 33.6 Å². The van der Waals surface area contributed by atoms with Gasteiger partial charge in [0, 0.05) is 46.6 Å². The fourth-order valence-electron chi connectivity index (χ4n) is 3.61. The van der Waals surface area contributed by atoms with E-state index in [0.29, 0.717) is 18.7 Å². The number of hydrogen-bond donors (Lipinski definition) is 2.